The normalized spacial score (nSPS) is 14.4. The van der Waals surface area contributed by atoms with Gasteiger partial charge in [0.1, 0.15) is 5.75 Å². The lowest BCUT2D eigenvalue weighted by Gasteiger charge is -2.27. The Morgan fingerprint density at radius 3 is 2.39 bits per heavy atom. The van der Waals surface area contributed by atoms with Crippen LogP contribution in [0.1, 0.15) is 57.6 Å². The lowest BCUT2D eigenvalue weighted by molar-refractivity contribution is -0.120. The minimum atomic E-state index is -0.350. The number of aromatic hydroxyl groups is 1. The van der Waals surface area contributed by atoms with Gasteiger partial charge in [0, 0.05) is 18.6 Å². The molecule has 0 radical (unpaired) electrons. The molecule has 33 heavy (non-hydrogen) atoms. The number of rotatable bonds is 15. The maximum absolute atomic E-state index is 12.1. The van der Waals surface area contributed by atoms with E-state index in [4.69, 9.17) is 5.73 Å². The van der Waals surface area contributed by atoms with Crippen molar-refractivity contribution >= 4 is 12.0 Å². The molecule has 1 amide bonds. The number of hydrogen-bond donors (Lipinski definition) is 4. The third-order valence-electron chi connectivity index (χ3n) is 5.72. The molecule has 2 aromatic carbocycles. The zero-order chi connectivity index (χ0) is 24.1. The predicted molar refractivity (Wildman–Crippen MR) is 138 cm³/mol. The maximum Gasteiger partial charge on any atom is 0.234 e. The highest BCUT2D eigenvalue weighted by atomic mass is 16.3. The third-order valence-corrected chi connectivity index (χ3v) is 5.72. The predicted octanol–water partition coefficient (Wildman–Crippen LogP) is 4.65. The Labute approximate surface area is 199 Å². The molecule has 0 spiro atoms. The molecular formula is C28H41N3O2. The standard InChI is InChI=1S/C28H41N3O2/c1-4-5-11-27(28(29)33)31-25(19-23-13-16-26(32)17-14-23)20-30-24(18-21(2)3)15-12-22-9-7-6-8-10-22/h6-10,12-17,21,24-25,27,30-32H,4-5,11,18-20H2,1-3H3,(H2,29,33)/b15-12+/t24-,25+,27+/m1/s1. The monoisotopic (exact) mass is 451 g/mol. The van der Waals surface area contributed by atoms with Crippen LogP contribution in [0.25, 0.3) is 6.08 Å². The van der Waals surface area contributed by atoms with Gasteiger partial charge in [0.15, 0.2) is 0 Å². The number of nitrogens with two attached hydrogens (primary N) is 1. The second kappa shape index (κ2) is 14.5. The first-order chi connectivity index (χ1) is 15.9. The van der Waals surface area contributed by atoms with Gasteiger partial charge in [-0.3, -0.25) is 4.79 Å². The summed E-state index contributed by atoms with van der Waals surface area (Å²) in [6.45, 7) is 7.27. The summed E-state index contributed by atoms with van der Waals surface area (Å²) in [6, 6.07) is 17.5. The molecule has 0 saturated carbocycles. The summed E-state index contributed by atoms with van der Waals surface area (Å²) in [5.74, 6) is 0.499. The molecule has 0 unspecified atom stereocenters. The Morgan fingerprint density at radius 1 is 1.09 bits per heavy atom. The van der Waals surface area contributed by atoms with E-state index in [0.29, 0.717) is 12.5 Å². The highest BCUT2D eigenvalue weighted by Gasteiger charge is 2.21. The molecule has 0 aliphatic rings. The van der Waals surface area contributed by atoms with E-state index in [2.05, 4.69) is 55.7 Å². The van der Waals surface area contributed by atoms with Gasteiger partial charge in [0.25, 0.3) is 0 Å². The van der Waals surface area contributed by atoms with E-state index in [0.717, 1.165) is 37.7 Å². The molecule has 0 bridgehead atoms. The van der Waals surface area contributed by atoms with Crippen molar-refractivity contribution < 1.29 is 9.90 Å². The van der Waals surface area contributed by atoms with E-state index < -0.39 is 0 Å². The van der Waals surface area contributed by atoms with Crippen LogP contribution in [0.15, 0.2) is 60.7 Å². The van der Waals surface area contributed by atoms with Crippen molar-refractivity contribution in [3.63, 3.8) is 0 Å². The highest BCUT2D eigenvalue weighted by molar-refractivity contribution is 5.79. The van der Waals surface area contributed by atoms with Crippen molar-refractivity contribution in [2.45, 2.75) is 71.0 Å². The van der Waals surface area contributed by atoms with Crippen molar-refractivity contribution in [1.29, 1.82) is 0 Å². The molecule has 5 heteroatoms. The smallest absolute Gasteiger partial charge is 0.234 e. The summed E-state index contributed by atoms with van der Waals surface area (Å²) in [7, 11) is 0. The van der Waals surface area contributed by atoms with Gasteiger partial charge in [-0.05, 0) is 48.4 Å². The van der Waals surface area contributed by atoms with Gasteiger partial charge in [0.2, 0.25) is 5.91 Å². The van der Waals surface area contributed by atoms with Crippen LogP contribution in [0.5, 0.6) is 5.75 Å². The lowest BCUT2D eigenvalue weighted by Crippen LogP contribution is -2.51. The summed E-state index contributed by atoms with van der Waals surface area (Å²) >= 11 is 0. The molecule has 5 N–H and O–H groups in total. The first-order valence-electron chi connectivity index (χ1n) is 12.2. The van der Waals surface area contributed by atoms with Crippen LogP contribution < -0.4 is 16.4 Å². The number of phenolic OH excluding ortho intramolecular Hbond substituents is 1. The second-order valence-corrected chi connectivity index (χ2v) is 9.25. The van der Waals surface area contributed by atoms with Crippen LogP contribution >= 0.6 is 0 Å². The van der Waals surface area contributed by atoms with Crippen LogP contribution in [0.3, 0.4) is 0 Å². The SMILES string of the molecule is CCCC[C@H](N[C@H](CN[C@H](/C=C/c1ccccc1)CC(C)C)Cc1ccc(O)cc1)C(N)=O. The molecule has 0 aromatic heterocycles. The van der Waals surface area contributed by atoms with Crippen LogP contribution in [0, 0.1) is 5.92 Å². The zero-order valence-corrected chi connectivity index (χ0v) is 20.3. The van der Waals surface area contributed by atoms with Crippen LogP contribution in [0.2, 0.25) is 0 Å². The minimum Gasteiger partial charge on any atom is -0.508 e. The van der Waals surface area contributed by atoms with Crippen molar-refractivity contribution in [2.24, 2.45) is 11.7 Å². The quantitative estimate of drug-likeness (QED) is 0.317. The van der Waals surface area contributed by atoms with Crippen molar-refractivity contribution in [1.82, 2.24) is 10.6 Å². The van der Waals surface area contributed by atoms with Crippen molar-refractivity contribution in [3.05, 3.63) is 71.8 Å². The fraction of sp³-hybridized carbons (Fsp3) is 0.464. The van der Waals surface area contributed by atoms with Gasteiger partial charge in [-0.15, -0.1) is 0 Å². The Bertz CT molecular complexity index is 834. The first kappa shape index (κ1) is 26.6. The number of phenols is 1. The Hall–Kier alpha value is -2.63. The number of unbranched alkanes of at least 4 members (excludes halogenated alkanes) is 1. The van der Waals surface area contributed by atoms with Gasteiger partial charge < -0.3 is 21.5 Å². The van der Waals surface area contributed by atoms with Gasteiger partial charge in [-0.1, -0.05) is 88.2 Å². The lowest BCUT2D eigenvalue weighted by atomic mass is 10.00. The second-order valence-electron chi connectivity index (χ2n) is 9.25. The van der Waals surface area contributed by atoms with Crippen molar-refractivity contribution in [3.8, 4) is 5.75 Å². The molecule has 0 saturated heterocycles. The molecule has 0 heterocycles. The molecule has 180 valence electrons. The number of amides is 1. The van der Waals surface area contributed by atoms with E-state index in [9.17, 15) is 9.90 Å². The molecule has 2 rings (SSSR count). The van der Waals surface area contributed by atoms with Crippen LogP contribution in [-0.4, -0.2) is 35.7 Å². The molecule has 0 aliphatic heterocycles. The number of primary amides is 1. The van der Waals surface area contributed by atoms with Gasteiger partial charge in [0.05, 0.1) is 6.04 Å². The topological polar surface area (TPSA) is 87.4 Å². The van der Waals surface area contributed by atoms with Crippen LogP contribution in [0.4, 0.5) is 0 Å². The number of benzene rings is 2. The number of carbonyl (C=O) groups is 1. The summed E-state index contributed by atoms with van der Waals surface area (Å²) in [6.07, 6.45) is 8.86. The average molecular weight is 452 g/mol. The number of nitrogens with one attached hydrogen (secondary N) is 2. The summed E-state index contributed by atoms with van der Waals surface area (Å²) < 4.78 is 0. The number of carbonyl (C=O) groups excluding carboxylic acids is 1. The van der Waals surface area contributed by atoms with E-state index >= 15 is 0 Å². The molecular weight excluding hydrogens is 410 g/mol. The fourth-order valence-corrected chi connectivity index (χ4v) is 3.93. The van der Waals surface area contributed by atoms with Gasteiger partial charge in [-0.25, -0.2) is 0 Å². The maximum atomic E-state index is 12.1. The fourth-order valence-electron chi connectivity index (χ4n) is 3.93. The molecule has 2 aromatic rings. The van der Waals surface area contributed by atoms with E-state index in [1.54, 1.807) is 12.1 Å². The first-order valence-corrected chi connectivity index (χ1v) is 12.2. The van der Waals surface area contributed by atoms with Gasteiger partial charge in [-0.2, -0.15) is 0 Å². The highest BCUT2D eigenvalue weighted by Crippen LogP contribution is 2.14. The summed E-state index contributed by atoms with van der Waals surface area (Å²) in [5, 5.41) is 16.8. The molecule has 0 fully saturated rings. The van der Waals surface area contributed by atoms with E-state index in [-0.39, 0.29) is 29.8 Å². The Morgan fingerprint density at radius 2 is 1.79 bits per heavy atom. The van der Waals surface area contributed by atoms with Crippen LogP contribution in [-0.2, 0) is 11.2 Å². The molecule has 3 atom stereocenters. The van der Waals surface area contributed by atoms with E-state index in [1.165, 1.54) is 5.56 Å². The van der Waals surface area contributed by atoms with E-state index in [1.807, 2.05) is 30.3 Å². The number of hydrogen-bond acceptors (Lipinski definition) is 4. The largest absolute Gasteiger partial charge is 0.508 e. The third kappa shape index (κ3) is 10.7. The summed E-state index contributed by atoms with van der Waals surface area (Å²) in [5.41, 5.74) is 7.99. The molecule has 5 nitrogen and oxygen atoms in total. The Balaban J connectivity index is 2.12. The average Bonchev–Trinajstić information content (AvgIpc) is 2.79. The molecule has 0 aliphatic carbocycles. The van der Waals surface area contributed by atoms with Crippen molar-refractivity contribution in [2.75, 3.05) is 6.54 Å². The van der Waals surface area contributed by atoms with Gasteiger partial charge >= 0.3 is 0 Å². The Kier molecular flexibility index (Phi) is 11.7. The minimum absolute atomic E-state index is 0.0312. The summed E-state index contributed by atoms with van der Waals surface area (Å²) in [4.78, 5) is 12.1. The zero-order valence-electron chi connectivity index (χ0n) is 20.3.